The van der Waals surface area contributed by atoms with Crippen LogP contribution >= 0.6 is 0 Å². The van der Waals surface area contributed by atoms with E-state index in [1.165, 1.54) is 11.6 Å². The van der Waals surface area contributed by atoms with Gasteiger partial charge in [-0.15, -0.1) is 0 Å². The number of nitrogens with two attached hydrogens (primary N) is 1. The standard InChI is InChI=1S/C13H15N3O/c14-9-1-2-10-3-5-11(6-4-10)12-7-8-13(17)16-15-12/h3-8H,1-2,9,14H2,(H,16,17). The lowest BCUT2D eigenvalue weighted by molar-refractivity contribution is 0.833. The van der Waals surface area contributed by atoms with E-state index in [0.717, 1.165) is 24.1 Å². The molecule has 4 heteroatoms. The lowest BCUT2D eigenvalue weighted by Crippen LogP contribution is -2.05. The second-order valence-corrected chi connectivity index (χ2v) is 3.90. The second kappa shape index (κ2) is 5.41. The summed E-state index contributed by atoms with van der Waals surface area (Å²) in [5.74, 6) is 0. The van der Waals surface area contributed by atoms with Gasteiger partial charge in [0.1, 0.15) is 0 Å². The van der Waals surface area contributed by atoms with Crippen molar-refractivity contribution in [2.75, 3.05) is 6.54 Å². The van der Waals surface area contributed by atoms with Gasteiger partial charge in [-0.25, -0.2) is 5.10 Å². The van der Waals surface area contributed by atoms with Gasteiger partial charge in [0.15, 0.2) is 0 Å². The number of rotatable bonds is 4. The summed E-state index contributed by atoms with van der Waals surface area (Å²) in [5.41, 5.74) is 8.32. The maximum Gasteiger partial charge on any atom is 0.264 e. The van der Waals surface area contributed by atoms with Gasteiger partial charge >= 0.3 is 0 Å². The third-order valence-electron chi connectivity index (χ3n) is 2.60. The average Bonchev–Trinajstić information content (AvgIpc) is 2.38. The molecule has 0 aliphatic heterocycles. The summed E-state index contributed by atoms with van der Waals surface area (Å²) in [6, 6.07) is 11.3. The Kier molecular flexibility index (Phi) is 3.67. The van der Waals surface area contributed by atoms with Crippen LogP contribution in [0.15, 0.2) is 41.2 Å². The van der Waals surface area contributed by atoms with E-state index >= 15 is 0 Å². The van der Waals surface area contributed by atoms with Crippen molar-refractivity contribution in [1.29, 1.82) is 0 Å². The van der Waals surface area contributed by atoms with Crippen LogP contribution < -0.4 is 11.3 Å². The molecule has 4 nitrogen and oxygen atoms in total. The van der Waals surface area contributed by atoms with Crippen LogP contribution in [0, 0.1) is 0 Å². The van der Waals surface area contributed by atoms with Gasteiger partial charge in [0.05, 0.1) is 5.69 Å². The first-order valence-electron chi connectivity index (χ1n) is 5.65. The summed E-state index contributed by atoms with van der Waals surface area (Å²) in [6.07, 6.45) is 1.99. The minimum absolute atomic E-state index is 0.187. The Labute approximate surface area is 99.5 Å². The van der Waals surface area contributed by atoms with Crippen LogP contribution in [0.25, 0.3) is 11.3 Å². The van der Waals surface area contributed by atoms with Crippen LogP contribution in [0.5, 0.6) is 0 Å². The van der Waals surface area contributed by atoms with E-state index in [2.05, 4.69) is 22.3 Å². The first-order valence-corrected chi connectivity index (χ1v) is 5.65. The number of H-pyrrole nitrogens is 1. The zero-order valence-corrected chi connectivity index (χ0v) is 9.52. The molecule has 1 heterocycles. The quantitative estimate of drug-likeness (QED) is 0.830. The van der Waals surface area contributed by atoms with E-state index in [1.54, 1.807) is 6.07 Å². The number of hydrogen-bond acceptors (Lipinski definition) is 3. The highest BCUT2D eigenvalue weighted by molar-refractivity contribution is 5.58. The number of nitrogens with zero attached hydrogens (tertiary/aromatic N) is 1. The zero-order valence-electron chi connectivity index (χ0n) is 9.52. The highest BCUT2D eigenvalue weighted by Gasteiger charge is 1.99. The molecule has 0 atom stereocenters. The van der Waals surface area contributed by atoms with Gasteiger partial charge in [-0.05, 0) is 31.0 Å². The summed E-state index contributed by atoms with van der Waals surface area (Å²) in [4.78, 5) is 10.9. The van der Waals surface area contributed by atoms with E-state index < -0.39 is 0 Å². The topological polar surface area (TPSA) is 71.8 Å². The molecule has 0 radical (unpaired) electrons. The third kappa shape index (κ3) is 3.01. The van der Waals surface area contributed by atoms with Gasteiger partial charge in [0, 0.05) is 11.6 Å². The molecule has 0 aliphatic carbocycles. The summed E-state index contributed by atoms with van der Waals surface area (Å²) >= 11 is 0. The highest BCUT2D eigenvalue weighted by Crippen LogP contribution is 2.16. The minimum atomic E-state index is -0.187. The smallest absolute Gasteiger partial charge is 0.264 e. The Morgan fingerprint density at radius 3 is 2.47 bits per heavy atom. The maximum absolute atomic E-state index is 10.9. The van der Waals surface area contributed by atoms with E-state index in [1.807, 2.05) is 12.1 Å². The second-order valence-electron chi connectivity index (χ2n) is 3.90. The monoisotopic (exact) mass is 229 g/mol. The Balaban J connectivity index is 2.17. The SMILES string of the molecule is NCCCc1ccc(-c2ccc(=O)[nH]n2)cc1. The fraction of sp³-hybridized carbons (Fsp3) is 0.231. The predicted molar refractivity (Wildman–Crippen MR) is 67.7 cm³/mol. The molecule has 17 heavy (non-hydrogen) atoms. The van der Waals surface area contributed by atoms with Gasteiger partial charge in [-0.2, -0.15) is 5.10 Å². The number of aryl methyl sites for hydroxylation is 1. The molecule has 2 rings (SSSR count). The van der Waals surface area contributed by atoms with Crippen LogP contribution in [0.3, 0.4) is 0 Å². The van der Waals surface area contributed by atoms with Crippen molar-refractivity contribution in [2.45, 2.75) is 12.8 Å². The van der Waals surface area contributed by atoms with Crippen molar-refractivity contribution in [1.82, 2.24) is 10.2 Å². The fourth-order valence-corrected chi connectivity index (χ4v) is 1.65. The highest BCUT2D eigenvalue weighted by atomic mass is 16.1. The van der Waals surface area contributed by atoms with Crippen molar-refractivity contribution in [3.05, 3.63) is 52.3 Å². The van der Waals surface area contributed by atoms with Gasteiger partial charge < -0.3 is 5.73 Å². The van der Waals surface area contributed by atoms with Crippen molar-refractivity contribution in [3.8, 4) is 11.3 Å². The van der Waals surface area contributed by atoms with Crippen LogP contribution in [0.2, 0.25) is 0 Å². The molecule has 0 fully saturated rings. The summed E-state index contributed by atoms with van der Waals surface area (Å²) < 4.78 is 0. The molecular weight excluding hydrogens is 214 g/mol. The van der Waals surface area contributed by atoms with Gasteiger partial charge in [-0.1, -0.05) is 24.3 Å². The van der Waals surface area contributed by atoms with Crippen LogP contribution in [0.1, 0.15) is 12.0 Å². The molecule has 0 spiro atoms. The lowest BCUT2D eigenvalue weighted by Gasteiger charge is -2.02. The number of aromatic nitrogens is 2. The van der Waals surface area contributed by atoms with Gasteiger partial charge in [0.2, 0.25) is 0 Å². The first-order chi connectivity index (χ1) is 8.29. The number of benzene rings is 1. The molecule has 1 aromatic heterocycles. The molecule has 0 saturated carbocycles. The van der Waals surface area contributed by atoms with E-state index in [-0.39, 0.29) is 5.56 Å². The van der Waals surface area contributed by atoms with Crippen molar-refractivity contribution >= 4 is 0 Å². The Morgan fingerprint density at radius 1 is 1.12 bits per heavy atom. The van der Waals surface area contributed by atoms with Gasteiger partial charge in [0.25, 0.3) is 5.56 Å². The van der Waals surface area contributed by atoms with Crippen molar-refractivity contribution in [2.24, 2.45) is 5.73 Å². The van der Waals surface area contributed by atoms with E-state index in [9.17, 15) is 4.79 Å². The van der Waals surface area contributed by atoms with Crippen molar-refractivity contribution < 1.29 is 0 Å². The zero-order chi connectivity index (χ0) is 12.1. The van der Waals surface area contributed by atoms with Crippen LogP contribution in [-0.2, 0) is 6.42 Å². The maximum atomic E-state index is 10.9. The Hall–Kier alpha value is -1.94. The average molecular weight is 229 g/mol. The molecule has 0 aliphatic rings. The predicted octanol–water partition coefficient (Wildman–Crippen LogP) is 1.33. The molecule has 88 valence electrons. The normalized spacial score (nSPS) is 10.4. The first kappa shape index (κ1) is 11.5. The summed E-state index contributed by atoms with van der Waals surface area (Å²) in [7, 11) is 0. The molecule has 2 aromatic rings. The fourth-order valence-electron chi connectivity index (χ4n) is 1.65. The number of hydrogen-bond donors (Lipinski definition) is 2. The summed E-state index contributed by atoms with van der Waals surface area (Å²) in [5, 5.41) is 6.41. The molecule has 0 saturated heterocycles. The summed E-state index contributed by atoms with van der Waals surface area (Å²) in [6.45, 7) is 0.712. The molecule has 0 amide bonds. The minimum Gasteiger partial charge on any atom is -0.330 e. The number of aromatic amines is 1. The van der Waals surface area contributed by atoms with Crippen molar-refractivity contribution in [3.63, 3.8) is 0 Å². The van der Waals surface area contributed by atoms with Crippen LogP contribution in [-0.4, -0.2) is 16.7 Å². The van der Waals surface area contributed by atoms with Crippen LogP contribution in [0.4, 0.5) is 0 Å². The molecule has 0 unspecified atom stereocenters. The lowest BCUT2D eigenvalue weighted by atomic mass is 10.1. The largest absolute Gasteiger partial charge is 0.330 e. The van der Waals surface area contributed by atoms with E-state index in [0.29, 0.717) is 6.54 Å². The molecule has 3 N–H and O–H groups in total. The Morgan fingerprint density at radius 2 is 1.88 bits per heavy atom. The molecule has 1 aromatic carbocycles. The Bertz CT molecular complexity index is 511. The molecule has 0 bridgehead atoms. The van der Waals surface area contributed by atoms with Gasteiger partial charge in [-0.3, -0.25) is 4.79 Å². The molecular formula is C13H15N3O. The van der Waals surface area contributed by atoms with E-state index in [4.69, 9.17) is 5.73 Å². The third-order valence-corrected chi connectivity index (χ3v) is 2.60. The number of nitrogens with one attached hydrogen (secondary N) is 1.